The Morgan fingerprint density at radius 2 is 1.67 bits per heavy atom. The molecule has 1 rings (SSSR count). The summed E-state index contributed by atoms with van der Waals surface area (Å²) in [6.45, 7) is 12.6. The number of benzene rings is 1. The number of hydrogen-bond donors (Lipinski definition) is 0. The van der Waals surface area contributed by atoms with Crippen molar-refractivity contribution in [3.63, 3.8) is 0 Å². The molecule has 0 nitrogen and oxygen atoms in total. The van der Waals surface area contributed by atoms with Crippen molar-refractivity contribution in [2.75, 3.05) is 0 Å². The van der Waals surface area contributed by atoms with Crippen LogP contribution in [0.1, 0.15) is 58.1 Å². The second-order valence-electron chi connectivity index (χ2n) is 4.16. The van der Waals surface area contributed by atoms with Crippen LogP contribution in [-0.4, -0.2) is 0 Å². The summed E-state index contributed by atoms with van der Waals surface area (Å²) in [5, 5.41) is 0. The normalized spacial score (nSPS) is 13.1. The minimum atomic E-state index is 0.529. The first-order valence-electron chi connectivity index (χ1n) is 7.08. The number of rotatable bonds is 4. The molecule has 1 aromatic carbocycles. The van der Waals surface area contributed by atoms with Crippen molar-refractivity contribution in [1.29, 1.82) is 0 Å². The van der Waals surface area contributed by atoms with E-state index in [2.05, 4.69) is 70.2 Å². The van der Waals surface area contributed by atoms with Crippen molar-refractivity contribution in [3.8, 4) is 0 Å². The highest BCUT2D eigenvalue weighted by Gasteiger charge is 2.11. The molecule has 0 amide bonds. The molecule has 0 saturated heterocycles. The van der Waals surface area contributed by atoms with E-state index in [9.17, 15) is 0 Å². The van der Waals surface area contributed by atoms with Gasteiger partial charge in [-0.25, -0.2) is 0 Å². The van der Waals surface area contributed by atoms with Gasteiger partial charge in [-0.1, -0.05) is 68.8 Å². The first-order valence-corrected chi connectivity index (χ1v) is 7.08. The molecule has 0 fully saturated rings. The van der Waals surface area contributed by atoms with E-state index in [0.717, 1.165) is 6.42 Å². The topological polar surface area (TPSA) is 0 Å². The maximum absolute atomic E-state index is 2.25. The Hall–Kier alpha value is -1.30. The fraction of sp³-hybridized carbons (Fsp3) is 0.444. The second-order valence-corrected chi connectivity index (χ2v) is 4.16. The van der Waals surface area contributed by atoms with Crippen LogP contribution in [-0.2, 0) is 0 Å². The maximum atomic E-state index is 2.25. The van der Waals surface area contributed by atoms with Gasteiger partial charge in [0.25, 0.3) is 0 Å². The molecule has 0 bridgehead atoms. The lowest BCUT2D eigenvalue weighted by Gasteiger charge is -2.17. The number of aryl methyl sites for hydroxylation is 1. The van der Waals surface area contributed by atoms with Crippen LogP contribution < -0.4 is 0 Å². The third-order valence-corrected chi connectivity index (χ3v) is 2.98. The van der Waals surface area contributed by atoms with E-state index in [4.69, 9.17) is 0 Å². The van der Waals surface area contributed by atoms with Crippen LogP contribution in [0.2, 0.25) is 0 Å². The van der Waals surface area contributed by atoms with Gasteiger partial charge < -0.3 is 0 Å². The minimum absolute atomic E-state index is 0.529. The average molecular weight is 244 g/mol. The van der Waals surface area contributed by atoms with Crippen molar-refractivity contribution in [2.45, 2.75) is 53.9 Å². The summed E-state index contributed by atoms with van der Waals surface area (Å²) in [6.07, 6.45) is 7.70. The van der Waals surface area contributed by atoms with Crippen molar-refractivity contribution >= 4 is 0 Å². The molecule has 0 aliphatic rings. The molecule has 0 radical (unpaired) electrons. The van der Waals surface area contributed by atoms with Crippen LogP contribution in [0.4, 0.5) is 0 Å². The molecule has 0 heterocycles. The standard InChI is InChI=1S/C16H22.C2H6/c1-5-8-14(6-2)16(7-3)15-11-9-13(4)10-12-15;1-2/h5-6,8-12,16H,7H2,1-4H3;1-2H3/b8-5-,14-6+;. The SMILES string of the molecule is C/C=C\C(=C/C)C(CC)c1ccc(C)cc1.CC. The van der Waals surface area contributed by atoms with Crippen LogP contribution in [0.5, 0.6) is 0 Å². The lowest BCUT2D eigenvalue weighted by molar-refractivity contribution is 0.774. The van der Waals surface area contributed by atoms with Crippen LogP contribution in [0, 0.1) is 6.92 Å². The van der Waals surface area contributed by atoms with Crippen molar-refractivity contribution in [3.05, 3.63) is 59.2 Å². The summed E-state index contributed by atoms with van der Waals surface area (Å²) >= 11 is 0. The predicted molar refractivity (Wildman–Crippen MR) is 84.1 cm³/mol. The van der Waals surface area contributed by atoms with Crippen LogP contribution in [0.3, 0.4) is 0 Å². The molecule has 1 atom stereocenters. The van der Waals surface area contributed by atoms with Crippen LogP contribution >= 0.6 is 0 Å². The zero-order chi connectivity index (χ0) is 14.0. The molecular formula is C18H28. The molecular weight excluding hydrogens is 216 g/mol. The average Bonchev–Trinajstić information content (AvgIpc) is 2.42. The molecule has 0 aliphatic carbocycles. The molecule has 0 aliphatic heterocycles. The monoisotopic (exact) mass is 244 g/mol. The first-order chi connectivity index (χ1) is 8.72. The minimum Gasteiger partial charge on any atom is -0.0874 e. The summed E-state index contributed by atoms with van der Waals surface area (Å²) in [6, 6.07) is 8.88. The van der Waals surface area contributed by atoms with E-state index >= 15 is 0 Å². The zero-order valence-electron chi connectivity index (χ0n) is 12.8. The fourth-order valence-corrected chi connectivity index (χ4v) is 2.07. The maximum Gasteiger partial charge on any atom is 0.00833 e. The van der Waals surface area contributed by atoms with Gasteiger partial charge >= 0.3 is 0 Å². The first kappa shape index (κ1) is 16.7. The van der Waals surface area contributed by atoms with Crippen LogP contribution in [0.15, 0.2) is 48.1 Å². The third-order valence-electron chi connectivity index (χ3n) is 2.98. The Bertz CT molecular complexity index is 366. The third kappa shape index (κ3) is 4.91. The van der Waals surface area contributed by atoms with Gasteiger partial charge in [0.1, 0.15) is 0 Å². The highest BCUT2D eigenvalue weighted by molar-refractivity contribution is 5.35. The van der Waals surface area contributed by atoms with E-state index in [1.165, 1.54) is 16.7 Å². The fourth-order valence-electron chi connectivity index (χ4n) is 2.07. The van der Waals surface area contributed by atoms with E-state index < -0.39 is 0 Å². The molecule has 1 unspecified atom stereocenters. The Morgan fingerprint density at radius 3 is 2.06 bits per heavy atom. The summed E-state index contributed by atoms with van der Waals surface area (Å²) in [5.74, 6) is 0.529. The quantitative estimate of drug-likeness (QED) is 0.567. The molecule has 100 valence electrons. The summed E-state index contributed by atoms with van der Waals surface area (Å²) in [5.41, 5.74) is 4.15. The molecule has 0 aromatic heterocycles. The van der Waals surface area contributed by atoms with Crippen LogP contribution in [0.25, 0.3) is 0 Å². The molecule has 18 heavy (non-hydrogen) atoms. The lowest BCUT2D eigenvalue weighted by Crippen LogP contribution is -1.99. The molecule has 0 heteroatoms. The number of allylic oxidation sites excluding steroid dienone is 4. The highest BCUT2D eigenvalue weighted by atomic mass is 14.2. The van der Waals surface area contributed by atoms with Gasteiger partial charge in [-0.2, -0.15) is 0 Å². The van der Waals surface area contributed by atoms with Gasteiger partial charge in [0.2, 0.25) is 0 Å². The van der Waals surface area contributed by atoms with E-state index in [1.54, 1.807) is 0 Å². The van der Waals surface area contributed by atoms with Gasteiger partial charge in [-0.3, -0.25) is 0 Å². The van der Waals surface area contributed by atoms with Gasteiger partial charge in [-0.15, -0.1) is 0 Å². The van der Waals surface area contributed by atoms with Gasteiger partial charge in [-0.05, 0) is 38.3 Å². The van der Waals surface area contributed by atoms with Gasteiger partial charge in [0.15, 0.2) is 0 Å². The zero-order valence-corrected chi connectivity index (χ0v) is 12.8. The molecule has 0 N–H and O–H groups in total. The van der Waals surface area contributed by atoms with E-state index in [0.29, 0.717) is 5.92 Å². The summed E-state index contributed by atoms with van der Waals surface area (Å²) in [4.78, 5) is 0. The van der Waals surface area contributed by atoms with E-state index in [-0.39, 0.29) is 0 Å². The Labute approximate surface area is 113 Å². The lowest BCUT2D eigenvalue weighted by atomic mass is 9.88. The van der Waals surface area contributed by atoms with Crippen molar-refractivity contribution < 1.29 is 0 Å². The second kappa shape index (κ2) is 9.70. The molecule has 0 saturated carbocycles. The largest absolute Gasteiger partial charge is 0.0874 e. The summed E-state index contributed by atoms with van der Waals surface area (Å²) in [7, 11) is 0. The van der Waals surface area contributed by atoms with Gasteiger partial charge in [0, 0.05) is 5.92 Å². The van der Waals surface area contributed by atoms with Crippen molar-refractivity contribution in [1.82, 2.24) is 0 Å². The summed E-state index contributed by atoms with van der Waals surface area (Å²) < 4.78 is 0. The smallest absolute Gasteiger partial charge is 0.00833 e. The number of hydrogen-bond acceptors (Lipinski definition) is 0. The Morgan fingerprint density at radius 1 is 1.11 bits per heavy atom. The Balaban J connectivity index is 0.00000137. The van der Waals surface area contributed by atoms with Crippen molar-refractivity contribution in [2.24, 2.45) is 0 Å². The van der Waals surface area contributed by atoms with E-state index in [1.807, 2.05) is 13.8 Å². The molecule has 1 aromatic rings. The predicted octanol–water partition coefficient (Wildman–Crippen LogP) is 6.04. The highest BCUT2D eigenvalue weighted by Crippen LogP contribution is 2.28. The molecule has 0 spiro atoms. The van der Waals surface area contributed by atoms with Gasteiger partial charge in [0.05, 0.1) is 0 Å². The Kier molecular flexibility index (Phi) is 9.00.